The van der Waals surface area contributed by atoms with E-state index < -0.39 is 5.79 Å². The number of ether oxygens (including phenoxy) is 3. The molecule has 0 spiro atoms. The Bertz CT molecular complexity index is 446. The molecule has 0 aromatic heterocycles. The van der Waals surface area contributed by atoms with E-state index in [1.54, 1.807) is 6.07 Å². The smallest absolute Gasteiger partial charge is 0.305 e. The molecule has 0 saturated carbocycles. The summed E-state index contributed by atoms with van der Waals surface area (Å²) in [7, 11) is 4.25. The summed E-state index contributed by atoms with van der Waals surface area (Å²) in [6.07, 6.45) is 0.388. The van der Waals surface area contributed by atoms with Crippen molar-refractivity contribution < 1.29 is 23.4 Å². The van der Waals surface area contributed by atoms with Gasteiger partial charge in [-0.2, -0.15) is 0 Å². The van der Waals surface area contributed by atoms with Crippen molar-refractivity contribution >= 4 is 21.9 Å². The molecule has 106 valence electrons. The highest BCUT2D eigenvalue weighted by molar-refractivity contribution is 9.10. The van der Waals surface area contributed by atoms with Crippen LogP contribution in [0.5, 0.6) is 0 Å². The van der Waals surface area contributed by atoms with E-state index in [9.17, 15) is 9.18 Å². The van der Waals surface area contributed by atoms with E-state index in [1.807, 2.05) is 0 Å². The highest BCUT2D eigenvalue weighted by atomic mass is 79.9. The van der Waals surface area contributed by atoms with Crippen LogP contribution in [0, 0.1) is 5.82 Å². The summed E-state index contributed by atoms with van der Waals surface area (Å²) in [5, 5.41) is 0. The Balaban J connectivity index is 3.06. The van der Waals surface area contributed by atoms with Gasteiger partial charge in [-0.25, -0.2) is 4.39 Å². The maximum Gasteiger partial charge on any atom is 0.305 e. The van der Waals surface area contributed by atoms with Crippen molar-refractivity contribution in [3.63, 3.8) is 0 Å². The number of methoxy groups -OCH3 is 3. The minimum Gasteiger partial charge on any atom is -0.469 e. The third kappa shape index (κ3) is 3.75. The molecule has 0 N–H and O–H groups in total. The summed E-state index contributed by atoms with van der Waals surface area (Å²) >= 11 is 3.27. The molecule has 1 aromatic rings. The molecule has 0 fully saturated rings. The number of carbonyl (C=O) groups is 1. The molecule has 0 bridgehead atoms. The summed E-state index contributed by atoms with van der Waals surface area (Å²) in [5.41, 5.74) is 0.614. The molecule has 0 aliphatic rings. The first-order chi connectivity index (χ1) is 8.99. The van der Waals surface area contributed by atoms with Gasteiger partial charge < -0.3 is 14.2 Å². The molecular weight excluding hydrogens is 319 g/mol. The van der Waals surface area contributed by atoms with Gasteiger partial charge in [0.25, 0.3) is 0 Å². The van der Waals surface area contributed by atoms with Gasteiger partial charge in [-0.3, -0.25) is 4.79 Å². The third-order valence-corrected chi connectivity index (χ3v) is 3.54. The average Bonchev–Trinajstić information content (AvgIpc) is 2.41. The normalized spacial score (nSPS) is 11.4. The van der Waals surface area contributed by atoms with E-state index in [1.165, 1.54) is 33.5 Å². The van der Waals surface area contributed by atoms with E-state index in [-0.39, 0.29) is 24.6 Å². The molecule has 0 radical (unpaired) electrons. The van der Waals surface area contributed by atoms with Crippen LogP contribution in [0.25, 0.3) is 0 Å². The quantitative estimate of drug-likeness (QED) is 0.592. The zero-order valence-corrected chi connectivity index (χ0v) is 12.6. The van der Waals surface area contributed by atoms with E-state index in [2.05, 4.69) is 20.7 Å². The number of hydrogen-bond acceptors (Lipinski definition) is 4. The summed E-state index contributed by atoms with van der Waals surface area (Å²) in [4.78, 5) is 11.3. The van der Waals surface area contributed by atoms with Crippen LogP contribution in [0.2, 0.25) is 0 Å². The summed E-state index contributed by atoms with van der Waals surface area (Å²) in [5.74, 6) is -1.86. The Kier molecular flexibility index (Phi) is 5.90. The fourth-order valence-electron chi connectivity index (χ4n) is 1.81. The van der Waals surface area contributed by atoms with E-state index in [0.717, 1.165) is 0 Å². The lowest BCUT2D eigenvalue weighted by Gasteiger charge is -2.32. The van der Waals surface area contributed by atoms with Crippen molar-refractivity contribution in [2.24, 2.45) is 0 Å². The number of rotatable bonds is 6. The lowest BCUT2D eigenvalue weighted by Crippen LogP contribution is -2.32. The zero-order valence-electron chi connectivity index (χ0n) is 11.0. The summed E-state index contributed by atoms with van der Waals surface area (Å²) in [6.45, 7) is 0. The topological polar surface area (TPSA) is 44.8 Å². The van der Waals surface area contributed by atoms with Crippen molar-refractivity contribution in [1.82, 2.24) is 0 Å². The van der Waals surface area contributed by atoms with E-state index in [0.29, 0.717) is 10.0 Å². The largest absolute Gasteiger partial charge is 0.469 e. The SMILES string of the molecule is COC(=O)CCC(OC)(OC)c1ccc(F)cc1Br. The Morgan fingerprint density at radius 2 is 1.95 bits per heavy atom. The monoisotopic (exact) mass is 334 g/mol. The highest BCUT2D eigenvalue weighted by Crippen LogP contribution is 2.36. The molecule has 0 aliphatic heterocycles. The molecule has 4 nitrogen and oxygen atoms in total. The Labute approximate surface area is 120 Å². The second-order valence-corrected chi connectivity index (χ2v) is 4.72. The number of esters is 1. The van der Waals surface area contributed by atoms with Gasteiger partial charge in [0, 0.05) is 30.7 Å². The summed E-state index contributed by atoms with van der Waals surface area (Å²) < 4.78 is 29.1. The Hall–Kier alpha value is -0.980. The molecule has 19 heavy (non-hydrogen) atoms. The molecule has 0 atom stereocenters. The second-order valence-electron chi connectivity index (χ2n) is 3.86. The van der Waals surface area contributed by atoms with Gasteiger partial charge in [0.15, 0.2) is 5.79 Å². The lowest BCUT2D eigenvalue weighted by molar-refractivity contribution is -0.222. The molecule has 0 unspecified atom stereocenters. The second kappa shape index (κ2) is 6.98. The maximum atomic E-state index is 13.1. The Morgan fingerprint density at radius 3 is 2.42 bits per heavy atom. The van der Waals surface area contributed by atoms with Crippen LogP contribution in [0.15, 0.2) is 22.7 Å². The van der Waals surface area contributed by atoms with Gasteiger partial charge in [0.2, 0.25) is 0 Å². The fourth-order valence-corrected chi connectivity index (χ4v) is 2.46. The van der Waals surface area contributed by atoms with Crippen molar-refractivity contribution in [1.29, 1.82) is 0 Å². The summed E-state index contributed by atoms with van der Waals surface area (Å²) in [6, 6.07) is 4.19. The Morgan fingerprint density at radius 1 is 1.32 bits per heavy atom. The van der Waals surface area contributed by atoms with Crippen LogP contribution in [0.1, 0.15) is 18.4 Å². The lowest BCUT2D eigenvalue weighted by atomic mass is 10.00. The van der Waals surface area contributed by atoms with Gasteiger partial charge in [0.1, 0.15) is 5.82 Å². The van der Waals surface area contributed by atoms with Crippen molar-refractivity contribution in [2.75, 3.05) is 21.3 Å². The standard InChI is InChI=1S/C13H16BrFO4/c1-17-12(16)6-7-13(18-2,19-3)10-5-4-9(15)8-11(10)14/h4-5,8H,6-7H2,1-3H3. The van der Waals surface area contributed by atoms with E-state index in [4.69, 9.17) is 9.47 Å². The van der Waals surface area contributed by atoms with Crippen LogP contribution < -0.4 is 0 Å². The minimum atomic E-state index is -1.12. The maximum absolute atomic E-state index is 13.1. The molecule has 0 aliphatic carbocycles. The number of hydrogen-bond donors (Lipinski definition) is 0. The predicted molar refractivity (Wildman–Crippen MR) is 71.0 cm³/mol. The van der Waals surface area contributed by atoms with Gasteiger partial charge in [0.05, 0.1) is 13.5 Å². The van der Waals surface area contributed by atoms with Gasteiger partial charge >= 0.3 is 5.97 Å². The van der Waals surface area contributed by atoms with Gasteiger partial charge in [-0.15, -0.1) is 0 Å². The van der Waals surface area contributed by atoms with Gasteiger partial charge in [-0.05, 0) is 18.2 Å². The molecule has 0 amide bonds. The number of carbonyl (C=O) groups excluding carboxylic acids is 1. The van der Waals surface area contributed by atoms with Gasteiger partial charge in [-0.1, -0.05) is 15.9 Å². The first-order valence-corrected chi connectivity index (χ1v) is 6.41. The van der Waals surface area contributed by atoms with Crippen LogP contribution in [0.3, 0.4) is 0 Å². The molecule has 6 heteroatoms. The molecule has 0 saturated heterocycles. The predicted octanol–water partition coefficient (Wildman–Crippen LogP) is 2.99. The fraction of sp³-hybridized carbons (Fsp3) is 0.462. The van der Waals surface area contributed by atoms with Crippen molar-refractivity contribution in [3.8, 4) is 0 Å². The average molecular weight is 335 g/mol. The zero-order chi connectivity index (χ0) is 14.5. The number of halogens is 2. The van der Waals surface area contributed by atoms with Crippen LogP contribution in [-0.2, 0) is 24.8 Å². The minimum absolute atomic E-state index is 0.127. The molecule has 1 rings (SSSR count). The molecular formula is C13H16BrFO4. The third-order valence-electron chi connectivity index (χ3n) is 2.89. The molecule has 1 aromatic carbocycles. The van der Waals surface area contributed by atoms with E-state index >= 15 is 0 Å². The molecule has 0 heterocycles. The highest BCUT2D eigenvalue weighted by Gasteiger charge is 2.34. The first-order valence-electron chi connectivity index (χ1n) is 5.61. The van der Waals surface area contributed by atoms with Crippen LogP contribution in [0.4, 0.5) is 4.39 Å². The first kappa shape index (κ1) is 16.1. The van der Waals surface area contributed by atoms with Crippen LogP contribution >= 0.6 is 15.9 Å². The van der Waals surface area contributed by atoms with Crippen molar-refractivity contribution in [3.05, 3.63) is 34.1 Å². The van der Waals surface area contributed by atoms with Crippen molar-refractivity contribution in [2.45, 2.75) is 18.6 Å². The number of benzene rings is 1. The van der Waals surface area contributed by atoms with Crippen LogP contribution in [-0.4, -0.2) is 27.3 Å².